The molecular weight excluding hydrogens is 394 g/mol. The summed E-state index contributed by atoms with van der Waals surface area (Å²) in [6, 6.07) is 8.66. The lowest BCUT2D eigenvalue weighted by molar-refractivity contribution is 0.0810. The molecule has 82 valence electrons. The smallest absolute Gasteiger partial charge is 0.253 e. The maximum Gasteiger partial charge on any atom is 0.253 e. The van der Waals surface area contributed by atoms with Crippen LogP contribution in [0.5, 0.6) is 0 Å². The zero-order valence-electron chi connectivity index (χ0n) is 7.45. The minimum atomic E-state index is -1.09. The monoisotopic (exact) mass is 399 g/mol. The van der Waals surface area contributed by atoms with E-state index in [0.717, 1.165) is 0 Å². The highest BCUT2D eigenvalue weighted by atomic mass is 80.0. The molecule has 2 N–H and O–H groups in total. The van der Waals surface area contributed by atoms with E-state index in [9.17, 15) is 9.90 Å². The first kappa shape index (κ1) is 13.2. The molecule has 1 rings (SSSR count). The molecule has 0 fully saturated rings. The van der Waals surface area contributed by atoms with Crippen LogP contribution in [0, 0.1) is 0 Å². The van der Waals surface area contributed by atoms with E-state index in [0.29, 0.717) is 5.56 Å². The fraction of sp³-hybridized carbons (Fsp3) is 0.222. The van der Waals surface area contributed by atoms with Gasteiger partial charge in [-0.25, -0.2) is 0 Å². The molecule has 0 aromatic heterocycles. The molecule has 1 aromatic rings. The molecule has 0 radical (unpaired) electrons. The van der Waals surface area contributed by atoms with Gasteiger partial charge in [0, 0.05) is 5.56 Å². The molecular formula is C9H8Br3NO2. The molecule has 0 aliphatic carbocycles. The molecule has 1 unspecified atom stereocenters. The van der Waals surface area contributed by atoms with Crippen LogP contribution >= 0.6 is 47.8 Å². The average molecular weight is 402 g/mol. The Hall–Kier alpha value is 0.0900. The Labute approximate surface area is 113 Å². The van der Waals surface area contributed by atoms with E-state index < -0.39 is 8.37 Å². The molecule has 0 saturated heterocycles. The van der Waals surface area contributed by atoms with Crippen molar-refractivity contribution in [1.82, 2.24) is 5.32 Å². The molecule has 0 heterocycles. The van der Waals surface area contributed by atoms with Crippen LogP contribution in [0.1, 0.15) is 10.4 Å². The van der Waals surface area contributed by atoms with Gasteiger partial charge in [0.25, 0.3) is 5.91 Å². The highest BCUT2D eigenvalue weighted by Crippen LogP contribution is 2.36. The molecule has 1 atom stereocenters. The third kappa shape index (κ3) is 4.22. The Balaban J connectivity index is 2.65. The molecule has 15 heavy (non-hydrogen) atoms. The van der Waals surface area contributed by atoms with Crippen LogP contribution in [-0.4, -0.2) is 19.4 Å². The van der Waals surface area contributed by atoms with Gasteiger partial charge in [0.1, 0.15) is 0 Å². The first-order chi connectivity index (χ1) is 6.91. The summed E-state index contributed by atoms with van der Waals surface area (Å²) >= 11 is 9.34. The van der Waals surface area contributed by atoms with Crippen LogP contribution in [0.25, 0.3) is 0 Å². The summed E-state index contributed by atoms with van der Waals surface area (Å²) in [6.45, 7) is 0. The van der Waals surface area contributed by atoms with Crippen LogP contribution in [0.15, 0.2) is 30.3 Å². The van der Waals surface area contributed by atoms with Crippen molar-refractivity contribution < 1.29 is 9.90 Å². The summed E-state index contributed by atoms with van der Waals surface area (Å²) in [7, 11) is 0. The lowest BCUT2D eigenvalue weighted by Crippen LogP contribution is -2.42. The van der Waals surface area contributed by atoms with Gasteiger partial charge in [-0.15, -0.1) is 0 Å². The van der Waals surface area contributed by atoms with Crippen molar-refractivity contribution in [2.75, 3.05) is 0 Å². The van der Waals surface area contributed by atoms with Crippen LogP contribution < -0.4 is 5.32 Å². The van der Waals surface area contributed by atoms with Gasteiger partial charge in [-0.3, -0.25) is 4.79 Å². The number of nitrogens with one attached hydrogen (secondary N) is 1. The normalized spacial score (nSPS) is 13.3. The molecule has 0 spiro atoms. The van der Waals surface area contributed by atoms with Crippen molar-refractivity contribution in [1.29, 1.82) is 0 Å². The number of aliphatic hydroxyl groups excluding tert-OH is 1. The summed E-state index contributed by atoms with van der Waals surface area (Å²) in [5, 5.41) is 12.0. The Morgan fingerprint density at radius 2 is 1.80 bits per heavy atom. The van der Waals surface area contributed by atoms with Gasteiger partial charge >= 0.3 is 0 Å². The van der Waals surface area contributed by atoms with Gasteiger partial charge in [0.05, 0.1) is 0 Å². The van der Waals surface area contributed by atoms with E-state index in [-0.39, 0.29) is 5.91 Å². The zero-order valence-corrected chi connectivity index (χ0v) is 12.2. The van der Waals surface area contributed by atoms with E-state index in [1.54, 1.807) is 24.3 Å². The fourth-order valence-corrected chi connectivity index (χ4v) is 1.22. The van der Waals surface area contributed by atoms with Crippen molar-refractivity contribution in [3.8, 4) is 0 Å². The second-order valence-corrected chi connectivity index (χ2v) is 9.73. The Kier molecular flexibility index (Phi) is 4.76. The Morgan fingerprint density at radius 3 is 2.27 bits per heavy atom. The second-order valence-electron chi connectivity index (χ2n) is 2.78. The molecule has 0 aliphatic heterocycles. The highest BCUT2D eigenvalue weighted by molar-refractivity contribution is 9.39. The van der Waals surface area contributed by atoms with Crippen LogP contribution in [0.3, 0.4) is 0 Å². The lowest BCUT2D eigenvalue weighted by atomic mass is 10.2. The molecule has 3 nitrogen and oxygen atoms in total. The van der Waals surface area contributed by atoms with Crippen LogP contribution in [0.4, 0.5) is 0 Å². The standard InChI is InChI=1S/C9H8Br3NO2/c10-9(11,12)8(15)13-7(14)6-4-2-1-3-5-6/h1-5,8,15H,(H,13,14). The number of alkyl halides is 3. The van der Waals surface area contributed by atoms with Crippen molar-refractivity contribution in [3.05, 3.63) is 35.9 Å². The van der Waals surface area contributed by atoms with Crippen molar-refractivity contribution >= 4 is 53.7 Å². The van der Waals surface area contributed by atoms with Crippen molar-refractivity contribution in [3.63, 3.8) is 0 Å². The Morgan fingerprint density at radius 1 is 1.27 bits per heavy atom. The van der Waals surface area contributed by atoms with E-state index in [2.05, 4.69) is 53.1 Å². The summed E-state index contributed by atoms with van der Waals surface area (Å²) in [6.07, 6.45) is -1.09. The second kappa shape index (κ2) is 5.43. The number of amides is 1. The van der Waals surface area contributed by atoms with E-state index >= 15 is 0 Å². The van der Waals surface area contributed by atoms with Gasteiger partial charge in [-0.1, -0.05) is 66.0 Å². The fourth-order valence-electron chi connectivity index (χ4n) is 0.879. The number of aliphatic hydroxyl groups is 1. The molecule has 1 amide bonds. The lowest BCUT2D eigenvalue weighted by Gasteiger charge is -2.21. The number of rotatable bonds is 2. The van der Waals surface area contributed by atoms with Gasteiger partial charge < -0.3 is 10.4 Å². The van der Waals surface area contributed by atoms with Crippen molar-refractivity contribution in [2.45, 2.75) is 8.37 Å². The Bertz CT molecular complexity index is 337. The number of hydrogen-bond acceptors (Lipinski definition) is 2. The maximum absolute atomic E-state index is 11.6. The first-order valence-electron chi connectivity index (χ1n) is 4.02. The number of carbonyl (C=O) groups excluding carboxylic acids is 1. The van der Waals surface area contributed by atoms with Gasteiger partial charge in [0.2, 0.25) is 0 Å². The number of halogens is 3. The topological polar surface area (TPSA) is 49.3 Å². The third-order valence-electron chi connectivity index (χ3n) is 1.61. The summed E-state index contributed by atoms with van der Waals surface area (Å²) in [5.74, 6) is -0.342. The first-order valence-corrected chi connectivity index (χ1v) is 6.40. The third-order valence-corrected chi connectivity index (χ3v) is 2.91. The highest BCUT2D eigenvalue weighted by Gasteiger charge is 2.30. The molecule has 6 heteroatoms. The number of carbonyl (C=O) groups is 1. The summed E-state index contributed by atoms with van der Waals surface area (Å²) in [5.41, 5.74) is 0.494. The summed E-state index contributed by atoms with van der Waals surface area (Å²) < 4.78 is -0.919. The SMILES string of the molecule is O=C(NC(O)C(Br)(Br)Br)c1ccccc1. The van der Waals surface area contributed by atoms with Crippen LogP contribution in [-0.2, 0) is 0 Å². The molecule has 0 saturated carbocycles. The predicted molar refractivity (Wildman–Crippen MR) is 69.4 cm³/mol. The minimum absolute atomic E-state index is 0.342. The molecule has 1 aromatic carbocycles. The van der Waals surface area contributed by atoms with Crippen LogP contribution in [0.2, 0.25) is 0 Å². The molecule has 0 aliphatic rings. The average Bonchev–Trinajstić information content (AvgIpc) is 2.17. The van der Waals surface area contributed by atoms with E-state index in [1.165, 1.54) is 0 Å². The van der Waals surface area contributed by atoms with E-state index in [1.807, 2.05) is 6.07 Å². The largest absolute Gasteiger partial charge is 0.370 e. The predicted octanol–water partition coefficient (Wildman–Crippen LogP) is 2.57. The van der Waals surface area contributed by atoms with Gasteiger partial charge in [0.15, 0.2) is 8.37 Å². The number of benzene rings is 1. The molecule has 0 bridgehead atoms. The van der Waals surface area contributed by atoms with Gasteiger partial charge in [-0.05, 0) is 12.1 Å². The minimum Gasteiger partial charge on any atom is -0.370 e. The van der Waals surface area contributed by atoms with Gasteiger partial charge in [-0.2, -0.15) is 0 Å². The quantitative estimate of drug-likeness (QED) is 0.591. The number of hydrogen-bond donors (Lipinski definition) is 2. The van der Waals surface area contributed by atoms with E-state index in [4.69, 9.17) is 0 Å². The van der Waals surface area contributed by atoms with Crippen molar-refractivity contribution in [2.24, 2.45) is 0 Å². The summed E-state index contributed by atoms with van der Waals surface area (Å²) in [4.78, 5) is 11.6. The maximum atomic E-state index is 11.6. The zero-order chi connectivity index (χ0) is 11.5.